The van der Waals surface area contributed by atoms with Gasteiger partial charge in [0, 0.05) is 13.1 Å². The summed E-state index contributed by atoms with van der Waals surface area (Å²) in [6.45, 7) is 1.98. The highest BCUT2D eigenvalue weighted by Gasteiger charge is 2.42. The van der Waals surface area contributed by atoms with E-state index in [4.69, 9.17) is 0 Å². The Bertz CT molecular complexity index is 141. The van der Waals surface area contributed by atoms with Gasteiger partial charge in [-0.25, -0.2) is 0 Å². The smallest absolute Gasteiger partial charge is 0.363 e. The molecule has 1 rings (SSSR count). The lowest BCUT2D eigenvalue weighted by Gasteiger charge is -2.29. The Morgan fingerprint density at radius 1 is 1.33 bits per heavy atom. The first kappa shape index (κ1) is 12.0. The number of hydrogen-bond donors (Lipinski definition) is 1. The number of morpholine rings is 1. The average molecular weight is 206 g/mol. The first-order valence-electron chi connectivity index (χ1n) is 3.43. The van der Waals surface area contributed by atoms with E-state index in [0.717, 1.165) is 0 Å². The van der Waals surface area contributed by atoms with E-state index in [9.17, 15) is 13.2 Å². The Labute approximate surface area is 74.9 Å². The van der Waals surface area contributed by atoms with E-state index in [-0.39, 0.29) is 25.1 Å². The van der Waals surface area contributed by atoms with E-state index in [2.05, 4.69) is 10.1 Å². The third-order valence-electron chi connectivity index (χ3n) is 1.52. The number of halogens is 4. The molecule has 2 nitrogen and oxygen atoms in total. The number of hydrogen-bond acceptors (Lipinski definition) is 2. The first-order chi connectivity index (χ1) is 5.00. The highest BCUT2D eigenvalue weighted by atomic mass is 35.5. The lowest BCUT2D eigenvalue weighted by molar-refractivity contribution is -0.237. The van der Waals surface area contributed by atoms with E-state index in [1.165, 1.54) is 0 Å². The van der Waals surface area contributed by atoms with Crippen LogP contribution in [0.2, 0.25) is 0 Å². The van der Waals surface area contributed by atoms with Crippen LogP contribution in [0.1, 0.15) is 6.92 Å². The van der Waals surface area contributed by atoms with Gasteiger partial charge in [-0.2, -0.15) is 13.2 Å². The summed E-state index contributed by atoms with van der Waals surface area (Å²) < 4.78 is 40.5. The topological polar surface area (TPSA) is 21.3 Å². The molecule has 0 saturated carbocycles. The molecule has 1 saturated heterocycles. The van der Waals surface area contributed by atoms with E-state index in [0.29, 0.717) is 6.54 Å². The van der Waals surface area contributed by atoms with Gasteiger partial charge in [0.2, 0.25) is 0 Å². The molecule has 0 radical (unpaired) electrons. The van der Waals surface area contributed by atoms with Crippen molar-refractivity contribution in [2.45, 2.75) is 25.3 Å². The highest BCUT2D eigenvalue weighted by Crippen LogP contribution is 2.24. The molecule has 0 spiro atoms. The minimum Gasteiger partial charge on any atom is -0.363 e. The van der Waals surface area contributed by atoms with Gasteiger partial charge in [0.05, 0.1) is 6.10 Å². The summed E-state index contributed by atoms with van der Waals surface area (Å²) in [5, 5.41) is 2.65. The van der Waals surface area contributed by atoms with Crippen molar-refractivity contribution in [1.82, 2.24) is 5.32 Å². The van der Waals surface area contributed by atoms with Gasteiger partial charge in [0.1, 0.15) is 0 Å². The van der Waals surface area contributed by atoms with Gasteiger partial charge >= 0.3 is 6.18 Å². The molecule has 2 atom stereocenters. The molecule has 6 heteroatoms. The fourth-order valence-electron chi connectivity index (χ4n) is 0.987. The predicted octanol–water partition coefficient (Wildman–Crippen LogP) is 1.35. The Hall–Kier alpha value is 0. The second kappa shape index (κ2) is 4.30. The van der Waals surface area contributed by atoms with Gasteiger partial charge in [0.25, 0.3) is 0 Å². The fraction of sp³-hybridized carbons (Fsp3) is 1.00. The van der Waals surface area contributed by atoms with Crippen LogP contribution in [0.25, 0.3) is 0 Å². The third-order valence-corrected chi connectivity index (χ3v) is 1.52. The molecule has 1 aliphatic rings. The molecule has 12 heavy (non-hydrogen) atoms. The number of alkyl halides is 3. The summed E-state index contributed by atoms with van der Waals surface area (Å²) in [7, 11) is 0. The minimum absolute atomic E-state index is 0. The quantitative estimate of drug-likeness (QED) is 0.645. The van der Waals surface area contributed by atoms with Crippen LogP contribution in [-0.2, 0) is 4.74 Å². The van der Waals surface area contributed by atoms with Crippen molar-refractivity contribution in [2.24, 2.45) is 0 Å². The van der Waals surface area contributed by atoms with Crippen LogP contribution >= 0.6 is 12.4 Å². The Morgan fingerprint density at radius 3 is 2.25 bits per heavy atom. The van der Waals surface area contributed by atoms with E-state index >= 15 is 0 Å². The van der Waals surface area contributed by atoms with Crippen LogP contribution in [0.4, 0.5) is 13.2 Å². The molecule has 0 aliphatic carbocycles. The van der Waals surface area contributed by atoms with Crippen LogP contribution in [-0.4, -0.2) is 31.5 Å². The third kappa shape index (κ3) is 3.16. The van der Waals surface area contributed by atoms with Crippen molar-refractivity contribution in [1.29, 1.82) is 0 Å². The predicted molar refractivity (Wildman–Crippen MR) is 40.5 cm³/mol. The lowest BCUT2D eigenvalue weighted by Crippen LogP contribution is -2.50. The average Bonchev–Trinajstić information content (AvgIpc) is 1.86. The van der Waals surface area contributed by atoms with Crippen LogP contribution in [0.3, 0.4) is 0 Å². The zero-order valence-electron chi connectivity index (χ0n) is 6.52. The zero-order valence-corrected chi connectivity index (χ0v) is 7.34. The normalized spacial score (nSPS) is 31.0. The molecule has 1 N–H and O–H groups in total. The minimum atomic E-state index is -4.23. The Morgan fingerprint density at radius 2 is 1.92 bits per heavy atom. The standard InChI is InChI=1S/C6H10F3NO.ClH/c1-4-2-10-3-5(11-4)6(7,8)9;/h4-5,10H,2-3H2,1H3;1H. The summed E-state index contributed by atoms with van der Waals surface area (Å²) >= 11 is 0. The van der Waals surface area contributed by atoms with Crippen LogP contribution in [0.15, 0.2) is 0 Å². The van der Waals surface area contributed by atoms with Gasteiger partial charge in [-0.15, -0.1) is 12.4 Å². The van der Waals surface area contributed by atoms with Crippen molar-refractivity contribution < 1.29 is 17.9 Å². The van der Waals surface area contributed by atoms with Gasteiger partial charge in [0.15, 0.2) is 6.10 Å². The van der Waals surface area contributed by atoms with Crippen LogP contribution in [0.5, 0.6) is 0 Å². The second-order valence-corrected chi connectivity index (χ2v) is 2.64. The van der Waals surface area contributed by atoms with Crippen molar-refractivity contribution in [3.8, 4) is 0 Å². The summed E-state index contributed by atoms with van der Waals surface area (Å²) in [5.74, 6) is 0. The molecule has 2 unspecified atom stereocenters. The molecule has 0 bridgehead atoms. The number of rotatable bonds is 0. The molecule has 1 aliphatic heterocycles. The maximum Gasteiger partial charge on any atom is 0.415 e. The molecular formula is C6H11ClF3NO. The summed E-state index contributed by atoms with van der Waals surface area (Å²) in [6, 6.07) is 0. The largest absolute Gasteiger partial charge is 0.415 e. The van der Waals surface area contributed by atoms with Crippen LogP contribution in [0, 0.1) is 0 Å². The summed E-state index contributed by atoms with van der Waals surface area (Å²) in [4.78, 5) is 0. The molecule has 74 valence electrons. The molecule has 0 amide bonds. The first-order valence-corrected chi connectivity index (χ1v) is 3.43. The van der Waals surface area contributed by atoms with Crippen molar-refractivity contribution in [3.05, 3.63) is 0 Å². The maximum absolute atomic E-state index is 11.9. The van der Waals surface area contributed by atoms with E-state index in [1.807, 2.05) is 0 Å². The highest BCUT2D eigenvalue weighted by molar-refractivity contribution is 5.85. The molecule has 0 aromatic heterocycles. The van der Waals surface area contributed by atoms with Gasteiger partial charge in [-0.1, -0.05) is 0 Å². The van der Waals surface area contributed by atoms with Gasteiger partial charge < -0.3 is 10.1 Å². The SMILES string of the molecule is CC1CNCC(C(F)(F)F)O1.Cl. The van der Waals surface area contributed by atoms with Crippen molar-refractivity contribution >= 4 is 12.4 Å². The van der Waals surface area contributed by atoms with Crippen molar-refractivity contribution in [3.63, 3.8) is 0 Å². The molecule has 1 fully saturated rings. The molecule has 1 heterocycles. The molecular weight excluding hydrogens is 195 g/mol. The number of ether oxygens (including phenoxy) is 1. The van der Waals surface area contributed by atoms with Gasteiger partial charge in [-0.3, -0.25) is 0 Å². The molecule has 0 aromatic carbocycles. The van der Waals surface area contributed by atoms with Gasteiger partial charge in [-0.05, 0) is 6.92 Å². The zero-order chi connectivity index (χ0) is 8.48. The van der Waals surface area contributed by atoms with E-state index < -0.39 is 12.3 Å². The second-order valence-electron chi connectivity index (χ2n) is 2.64. The maximum atomic E-state index is 11.9. The molecule has 0 aromatic rings. The van der Waals surface area contributed by atoms with Crippen molar-refractivity contribution in [2.75, 3.05) is 13.1 Å². The Kier molecular flexibility index (Phi) is 4.30. The summed E-state index contributed by atoms with van der Waals surface area (Å²) in [5.41, 5.74) is 0. The fourth-order valence-corrected chi connectivity index (χ4v) is 0.987. The number of nitrogens with one attached hydrogen (secondary N) is 1. The van der Waals surface area contributed by atoms with Crippen LogP contribution < -0.4 is 5.32 Å². The lowest BCUT2D eigenvalue weighted by atomic mass is 10.2. The van der Waals surface area contributed by atoms with E-state index in [1.54, 1.807) is 6.92 Å². The Balaban J connectivity index is 0.00000121. The summed E-state index contributed by atoms with van der Waals surface area (Å²) in [6.07, 6.45) is -6.22. The monoisotopic (exact) mass is 205 g/mol.